The second-order valence-electron chi connectivity index (χ2n) is 4.65. The molecule has 0 radical (unpaired) electrons. The lowest BCUT2D eigenvalue weighted by atomic mass is 9.90. The summed E-state index contributed by atoms with van der Waals surface area (Å²) in [4.78, 5) is 0. The van der Waals surface area contributed by atoms with Gasteiger partial charge in [-0.25, -0.2) is 0 Å². The van der Waals surface area contributed by atoms with Crippen LogP contribution < -0.4 is 5.32 Å². The zero-order chi connectivity index (χ0) is 13.2. The van der Waals surface area contributed by atoms with E-state index in [-0.39, 0.29) is 0 Å². The molecule has 0 spiro atoms. The third-order valence-corrected chi connectivity index (χ3v) is 3.85. The molecular weight excluding hydrogens is 281 g/mol. The second-order valence-corrected chi connectivity index (χ2v) is 5.39. The molecule has 1 N–H and O–H groups in total. The Labute approximate surface area is 122 Å². The highest BCUT2D eigenvalue weighted by atomic mass is 35.5. The van der Waals surface area contributed by atoms with E-state index >= 15 is 0 Å². The molecule has 1 aliphatic rings. The molecule has 1 aromatic heterocycles. The molecule has 1 aromatic carbocycles. The summed E-state index contributed by atoms with van der Waals surface area (Å²) in [6, 6.07) is 8.02. The van der Waals surface area contributed by atoms with Gasteiger partial charge in [0.25, 0.3) is 0 Å². The van der Waals surface area contributed by atoms with Crippen molar-refractivity contribution in [1.82, 2.24) is 10.2 Å². The van der Waals surface area contributed by atoms with E-state index in [1.807, 2.05) is 0 Å². The van der Waals surface area contributed by atoms with E-state index < -0.39 is 0 Å². The van der Waals surface area contributed by atoms with Crippen molar-refractivity contribution in [2.24, 2.45) is 0 Å². The van der Waals surface area contributed by atoms with E-state index in [1.165, 1.54) is 24.0 Å². The number of aryl methyl sites for hydroxylation is 1. The fraction of sp³-hybridized carbons (Fsp3) is 0.286. The molecule has 0 saturated carbocycles. The van der Waals surface area contributed by atoms with Gasteiger partial charge in [0.2, 0.25) is 0 Å². The normalized spacial score (nSPS) is 14.0. The lowest BCUT2D eigenvalue weighted by Gasteiger charge is -2.20. The van der Waals surface area contributed by atoms with Crippen LogP contribution in [0.25, 0.3) is 0 Å². The lowest BCUT2D eigenvalue weighted by Crippen LogP contribution is -2.06. The number of nitrogens with one attached hydrogen (secondary N) is 1. The molecule has 5 heteroatoms. The Morgan fingerprint density at radius 3 is 2.74 bits per heavy atom. The highest BCUT2D eigenvalue weighted by Gasteiger charge is 2.14. The minimum absolute atomic E-state index is 0.330. The van der Waals surface area contributed by atoms with Crippen LogP contribution in [0, 0.1) is 0 Å². The Morgan fingerprint density at radius 1 is 1.00 bits per heavy atom. The summed E-state index contributed by atoms with van der Waals surface area (Å²) in [5.74, 6) is 0. The van der Waals surface area contributed by atoms with Crippen LogP contribution >= 0.6 is 23.2 Å². The average molecular weight is 294 g/mol. The number of halogens is 2. The fourth-order valence-electron chi connectivity index (χ4n) is 2.48. The molecule has 0 fully saturated rings. The molecular formula is C14H13Cl2N3. The van der Waals surface area contributed by atoms with Crippen molar-refractivity contribution in [3.63, 3.8) is 0 Å². The van der Waals surface area contributed by atoms with E-state index in [0.717, 1.165) is 18.5 Å². The molecule has 0 bridgehead atoms. The van der Waals surface area contributed by atoms with Gasteiger partial charge in [-0.2, -0.15) is 0 Å². The summed E-state index contributed by atoms with van der Waals surface area (Å²) < 4.78 is 0. The lowest BCUT2D eigenvalue weighted by molar-refractivity contribution is 0.687. The minimum Gasteiger partial charge on any atom is -0.353 e. The summed E-state index contributed by atoms with van der Waals surface area (Å²) in [6.07, 6.45) is 4.74. The Kier molecular flexibility index (Phi) is 3.58. The Balaban J connectivity index is 1.97. The maximum atomic E-state index is 6.03. The van der Waals surface area contributed by atoms with Gasteiger partial charge in [0, 0.05) is 11.8 Å². The van der Waals surface area contributed by atoms with E-state index in [2.05, 4.69) is 33.7 Å². The Bertz CT molecular complexity index is 614. The zero-order valence-electron chi connectivity index (χ0n) is 10.3. The number of hydrogen-bond donors (Lipinski definition) is 1. The number of fused-ring (bicyclic) bond motifs is 1. The van der Waals surface area contributed by atoms with Gasteiger partial charge in [0.05, 0.1) is 5.69 Å². The number of rotatable bonds is 2. The topological polar surface area (TPSA) is 37.8 Å². The Morgan fingerprint density at radius 2 is 1.84 bits per heavy atom. The molecule has 0 saturated heterocycles. The highest BCUT2D eigenvalue weighted by molar-refractivity contribution is 6.33. The second kappa shape index (κ2) is 5.35. The van der Waals surface area contributed by atoms with Crippen molar-refractivity contribution in [2.75, 3.05) is 5.32 Å². The van der Waals surface area contributed by atoms with Crippen LogP contribution in [0.2, 0.25) is 10.3 Å². The summed E-state index contributed by atoms with van der Waals surface area (Å²) >= 11 is 11.9. The molecule has 98 valence electrons. The molecule has 3 rings (SSSR count). The maximum absolute atomic E-state index is 6.03. The van der Waals surface area contributed by atoms with Crippen molar-refractivity contribution >= 4 is 34.6 Å². The van der Waals surface area contributed by atoms with Crippen LogP contribution in [0.4, 0.5) is 11.4 Å². The summed E-state index contributed by atoms with van der Waals surface area (Å²) in [7, 11) is 0. The van der Waals surface area contributed by atoms with Crippen molar-refractivity contribution in [3.8, 4) is 0 Å². The quantitative estimate of drug-likeness (QED) is 0.891. The summed E-state index contributed by atoms with van der Waals surface area (Å²) in [6.45, 7) is 0. The molecule has 0 amide bonds. The summed E-state index contributed by atoms with van der Waals surface area (Å²) in [5.41, 5.74) is 4.57. The molecule has 0 atom stereocenters. The van der Waals surface area contributed by atoms with Gasteiger partial charge < -0.3 is 5.32 Å². The highest BCUT2D eigenvalue weighted by Crippen LogP contribution is 2.32. The van der Waals surface area contributed by atoms with Crippen molar-refractivity contribution in [2.45, 2.75) is 25.7 Å². The average Bonchev–Trinajstić information content (AvgIpc) is 2.43. The van der Waals surface area contributed by atoms with Crippen molar-refractivity contribution in [3.05, 3.63) is 45.7 Å². The van der Waals surface area contributed by atoms with Gasteiger partial charge in [-0.3, -0.25) is 0 Å². The molecule has 0 aliphatic heterocycles. The third-order valence-electron chi connectivity index (χ3n) is 3.38. The largest absolute Gasteiger partial charge is 0.353 e. The van der Waals surface area contributed by atoms with Gasteiger partial charge in [-0.1, -0.05) is 35.3 Å². The minimum atomic E-state index is 0.330. The first-order valence-electron chi connectivity index (χ1n) is 6.30. The van der Waals surface area contributed by atoms with E-state index in [9.17, 15) is 0 Å². The number of anilines is 2. The van der Waals surface area contributed by atoms with Crippen LogP contribution in [-0.4, -0.2) is 10.2 Å². The van der Waals surface area contributed by atoms with Crippen LogP contribution in [0.3, 0.4) is 0 Å². The summed E-state index contributed by atoms with van der Waals surface area (Å²) in [5, 5.41) is 11.5. The zero-order valence-corrected chi connectivity index (χ0v) is 11.8. The first-order valence-corrected chi connectivity index (χ1v) is 7.06. The third kappa shape index (κ3) is 2.67. The number of hydrogen-bond acceptors (Lipinski definition) is 3. The van der Waals surface area contributed by atoms with E-state index in [1.54, 1.807) is 6.07 Å². The molecule has 0 unspecified atom stereocenters. The number of nitrogens with zero attached hydrogens (tertiary/aromatic N) is 2. The van der Waals surface area contributed by atoms with Gasteiger partial charge in [-0.15, -0.1) is 10.2 Å². The van der Waals surface area contributed by atoms with Gasteiger partial charge in [0.15, 0.2) is 10.3 Å². The van der Waals surface area contributed by atoms with Gasteiger partial charge in [0.1, 0.15) is 0 Å². The van der Waals surface area contributed by atoms with Crippen molar-refractivity contribution in [1.29, 1.82) is 0 Å². The fourth-order valence-corrected chi connectivity index (χ4v) is 2.77. The first-order chi connectivity index (χ1) is 9.24. The van der Waals surface area contributed by atoms with Gasteiger partial charge in [-0.05, 0) is 42.9 Å². The van der Waals surface area contributed by atoms with Crippen LogP contribution in [0.1, 0.15) is 24.0 Å². The Hall–Kier alpha value is -1.32. The molecule has 1 heterocycles. The van der Waals surface area contributed by atoms with Crippen molar-refractivity contribution < 1.29 is 0 Å². The predicted octanol–water partition coefficient (Wildman–Crippen LogP) is 4.41. The van der Waals surface area contributed by atoms with Gasteiger partial charge >= 0.3 is 0 Å². The van der Waals surface area contributed by atoms with Crippen LogP contribution in [-0.2, 0) is 12.8 Å². The molecule has 3 nitrogen and oxygen atoms in total. The SMILES string of the molecule is Clc1cc(Nc2cccc3c2CCCC3)c(Cl)nn1. The predicted molar refractivity (Wildman–Crippen MR) is 78.4 cm³/mol. The van der Waals surface area contributed by atoms with E-state index in [4.69, 9.17) is 23.2 Å². The number of benzene rings is 1. The number of aromatic nitrogens is 2. The smallest absolute Gasteiger partial charge is 0.175 e. The molecule has 19 heavy (non-hydrogen) atoms. The standard InChI is InChI=1S/C14H13Cl2N3/c15-13-8-12(14(16)19-18-13)17-11-7-3-5-9-4-1-2-6-10(9)11/h3,5,7-8H,1-2,4,6H2,(H,17,18). The van der Waals surface area contributed by atoms with Crippen LogP contribution in [0.15, 0.2) is 24.3 Å². The van der Waals surface area contributed by atoms with E-state index in [0.29, 0.717) is 16.0 Å². The van der Waals surface area contributed by atoms with Crippen LogP contribution in [0.5, 0.6) is 0 Å². The maximum Gasteiger partial charge on any atom is 0.175 e. The first kappa shape index (κ1) is 12.7. The monoisotopic (exact) mass is 293 g/mol. The molecule has 2 aromatic rings. The molecule has 1 aliphatic carbocycles.